The minimum absolute atomic E-state index is 0.197. The van der Waals surface area contributed by atoms with E-state index >= 15 is 0 Å². The van der Waals surface area contributed by atoms with Crippen LogP contribution in [0.4, 0.5) is 0 Å². The molecule has 78 valence electrons. The molecule has 0 aromatic heterocycles. The fraction of sp³-hybridized carbons (Fsp3) is 0.273. The highest BCUT2D eigenvalue weighted by atomic mass is 79.9. The van der Waals surface area contributed by atoms with Crippen molar-refractivity contribution in [3.8, 4) is 0 Å². The van der Waals surface area contributed by atoms with Crippen LogP contribution in [0.3, 0.4) is 0 Å². The number of Topliss-reactive ketones (excluding diaryl/α,β-unsaturated/α-hetero) is 1. The van der Waals surface area contributed by atoms with Crippen molar-refractivity contribution in [1.29, 1.82) is 0 Å². The molecule has 1 aliphatic carbocycles. The van der Waals surface area contributed by atoms with Crippen LogP contribution in [0.2, 0.25) is 0 Å². The monoisotopic (exact) mass is 268 g/mol. The summed E-state index contributed by atoms with van der Waals surface area (Å²) in [5.74, 6) is -1.45. The molecule has 1 aromatic rings. The van der Waals surface area contributed by atoms with Crippen LogP contribution >= 0.6 is 15.9 Å². The molecule has 1 aromatic carbocycles. The number of halogens is 1. The Bertz CT molecular complexity index is 439. The van der Waals surface area contributed by atoms with Crippen molar-refractivity contribution < 1.29 is 14.7 Å². The first kappa shape index (κ1) is 10.4. The van der Waals surface area contributed by atoms with Gasteiger partial charge in [0.15, 0.2) is 5.78 Å². The summed E-state index contributed by atoms with van der Waals surface area (Å²) in [7, 11) is 0. The summed E-state index contributed by atoms with van der Waals surface area (Å²) >= 11 is 3.35. The van der Waals surface area contributed by atoms with E-state index in [2.05, 4.69) is 15.9 Å². The van der Waals surface area contributed by atoms with Crippen molar-refractivity contribution in [1.82, 2.24) is 0 Å². The summed E-state index contributed by atoms with van der Waals surface area (Å²) in [6.07, 6.45) is 0.293. The molecule has 0 spiro atoms. The van der Waals surface area contributed by atoms with Crippen LogP contribution in [0.1, 0.15) is 23.5 Å². The molecule has 4 heteroatoms. The molecule has 1 aliphatic rings. The van der Waals surface area contributed by atoms with Gasteiger partial charge in [-0.15, -0.1) is 0 Å². The topological polar surface area (TPSA) is 54.4 Å². The maximum atomic E-state index is 11.5. The largest absolute Gasteiger partial charge is 0.481 e. The Morgan fingerprint density at radius 2 is 2.20 bits per heavy atom. The van der Waals surface area contributed by atoms with Gasteiger partial charge in [-0.2, -0.15) is 0 Å². The highest BCUT2D eigenvalue weighted by molar-refractivity contribution is 9.10. The van der Waals surface area contributed by atoms with Gasteiger partial charge in [0.2, 0.25) is 0 Å². The van der Waals surface area contributed by atoms with Crippen LogP contribution in [-0.2, 0) is 16.0 Å². The van der Waals surface area contributed by atoms with Crippen LogP contribution < -0.4 is 0 Å². The van der Waals surface area contributed by atoms with E-state index < -0.39 is 5.97 Å². The van der Waals surface area contributed by atoms with Crippen molar-refractivity contribution in [2.75, 3.05) is 0 Å². The molecule has 1 N–H and O–H groups in total. The van der Waals surface area contributed by atoms with E-state index in [1.807, 2.05) is 18.2 Å². The van der Waals surface area contributed by atoms with Crippen LogP contribution in [0.25, 0.3) is 0 Å². The van der Waals surface area contributed by atoms with Gasteiger partial charge in [0.25, 0.3) is 0 Å². The number of hydrogen-bond donors (Lipinski definition) is 1. The molecule has 0 aliphatic heterocycles. The molecular weight excluding hydrogens is 260 g/mol. The number of benzene rings is 1. The Labute approximate surface area is 95.2 Å². The number of carbonyl (C=O) groups excluding carboxylic acids is 1. The summed E-state index contributed by atoms with van der Waals surface area (Å²) in [4.78, 5) is 21.9. The standard InChI is InChI=1S/C11H9BrO3/c12-7-1-2-8-6(3-7)4-9(8)10(13)5-11(14)15/h1-3,9H,4-5H2,(H,14,15). The molecule has 0 amide bonds. The van der Waals surface area contributed by atoms with E-state index in [0.717, 1.165) is 15.6 Å². The van der Waals surface area contributed by atoms with E-state index in [4.69, 9.17) is 5.11 Å². The summed E-state index contributed by atoms with van der Waals surface area (Å²) < 4.78 is 0.991. The summed E-state index contributed by atoms with van der Waals surface area (Å²) in [6, 6.07) is 5.73. The summed E-state index contributed by atoms with van der Waals surface area (Å²) in [6.45, 7) is 0. The van der Waals surface area contributed by atoms with Crippen molar-refractivity contribution in [3.63, 3.8) is 0 Å². The minimum Gasteiger partial charge on any atom is -0.481 e. The van der Waals surface area contributed by atoms with Crippen LogP contribution in [0, 0.1) is 0 Å². The Hall–Kier alpha value is -1.16. The van der Waals surface area contributed by atoms with E-state index in [1.54, 1.807) is 0 Å². The van der Waals surface area contributed by atoms with E-state index in [0.29, 0.717) is 6.42 Å². The third-order valence-corrected chi connectivity index (χ3v) is 3.11. The van der Waals surface area contributed by atoms with Crippen LogP contribution in [0.15, 0.2) is 22.7 Å². The number of rotatable bonds is 3. The first-order valence-corrected chi connectivity index (χ1v) is 5.40. The van der Waals surface area contributed by atoms with Crippen LogP contribution in [-0.4, -0.2) is 16.9 Å². The third kappa shape index (κ3) is 1.95. The van der Waals surface area contributed by atoms with Gasteiger partial charge in [-0.25, -0.2) is 0 Å². The van der Waals surface area contributed by atoms with E-state index in [1.165, 1.54) is 0 Å². The lowest BCUT2D eigenvalue weighted by Crippen LogP contribution is -2.26. The zero-order valence-corrected chi connectivity index (χ0v) is 9.45. The zero-order valence-electron chi connectivity index (χ0n) is 7.87. The molecule has 15 heavy (non-hydrogen) atoms. The maximum Gasteiger partial charge on any atom is 0.310 e. The number of carboxylic acids is 1. The number of ketones is 1. The Kier molecular flexibility index (Phi) is 2.61. The fourth-order valence-corrected chi connectivity index (χ4v) is 2.26. The molecule has 0 fully saturated rings. The SMILES string of the molecule is O=C(O)CC(=O)C1Cc2cc(Br)ccc21. The number of aliphatic carboxylic acids is 1. The Morgan fingerprint density at radius 3 is 2.80 bits per heavy atom. The van der Waals surface area contributed by atoms with E-state index in [-0.39, 0.29) is 18.1 Å². The van der Waals surface area contributed by atoms with Gasteiger partial charge in [0.1, 0.15) is 6.42 Å². The van der Waals surface area contributed by atoms with Gasteiger partial charge < -0.3 is 5.11 Å². The number of carbonyl (C=O) groups is 2. The highest BCUT2D eigenvalue weighted by Crippen LogP contribution is 2.37. The molecular formula is C11H9BrO3. The number of hydrogen-bond acceptors (Lipinski definition) is 2. The van der Waals surface area contributed by atoms with Crippen LogP contribution in [0.5, 0.6) is 0 Å². The lowest BCUT2D eigenvalue weighted by atomic mass is 9.74. The third-order valence-electron chi connectivity index (χ3n) is 2.62. The average molecular weight is 269 g/mol. The minimum atomic E-state index is -1.05. The summed E-state index contributed by atoms with van der Waals surface area (Å²) in [5, 5.41) is 8.52. The molecule has 1 atom stereocenters. The predicted molar refractivity (Wildman–Crippen MR) is 57.8 cm³/mol. The fourth-order valence-electron chi connectivity index (χ4n) is 1.85. The van der Waals surface area contributed by atoms with Gasteiger partial charge in [-0.3, -0.25) is 9.59 Å². The van der Waals surface area contributed by atoms with Crippen molar-refractivity contribution in [2.24, 2.45) is 0 Å². The predicted octanol–water partition coefficient (Wildman–Crippen LogP) is 2.13. The molecule has 0 saturated carbocycles. The van der Waals surface area contributed by atoms with Crippen molar-refractivity contribution in [3.05, 3.63) is 33.8 Å². The molecule has 1 unspecified atom stereocenters. The first-order valence-electron chi connectivity index (χ1n) is 4.61. The van der Waals surface area contributed by atoms with Gasteiger partial charge in [0.05, 0.1) is 0 Å². The first-order chi connectivity index (χ1) is 7.08. The second-order valence-electron chi connectivity index (χ2n) is 3.64. The average Bonchev–Trinajstić information content (AvgIpc) is 2.08. The molecule has 0 saturated heterocycles. The lowest BCUT2D eigenvalue weighted by molar-refractivity contribution is -0.140. The second-order valence-corrected chi connectivity index (χ2v) is 4.55. The quantitative estimate of drug-likeness (QED) is 0.855. The summed E-state index contributed by atoms with van der Waals surface area (Å²) in [5.41, 5.74) is 2.11. The van der Waals surface area contributed by atoms with Gasteiger partial charge in [-0.05, 0) is 29.7 Å². The normalized spacial score (nSPS) is 17.8. The van der Waals surface area contributed by atoms with E-state index in [9.17, 15) is 9.59 Å². The lowest BCUT2D eigenvalue weighted by Gasteiger charge is -2.28. The molecule has 0 heterocycles. The number of fused-ring (bicyclic) bond motifs is 1. The highest BCUT2D eigenvalue weighted by Gasteiger charge is 2.32. The molecule has 0 bridgehead atoms. The Balaban J connectivity index is 2.14. The second kappa shape index (κ2) is 3.77. The number of carboxylic acid groups (broad SMARTS) is 1. The molecule has 2 rings (SSSR count). The van der Waals surface area contributed by atoms with Gasteiger partial charge in [-0.1, -0.05) is 22.0 Å². The Morgan fingerprint density at radius 1 is 1.47 bits per heavy atom. The van der Waals surface area contributed by atoms with Gasteiger partial charge in [0, 0.05) is 10.4 Å². The van der Waals surface area contributed by atoms with Crippen molar-refractivity contribution in [2.45, 2.75) is 18.8 Å². The van der Waals surface area contributed by atoms with Gasteiger partial charge >= 0.3 is 5.97 Å². The maximum absolute atomic E-state index is 11.5. The van der Waals surface area contributed by atoms with Crippen molar-refractivity contribution >= 4 is 27.7 Å². The molecule has 3 nitrogen and oxygen atoms in total. The zero-order chi connectivity index (χ0) is 11.0. The molecule has 0 radical (unpaired) electrons. The smallest absolute Gasteiger partial charge is 0.310 e.